The second-order valence-electron chi connectivity index (χ2n) is 10.8. The molecule has 0 aromatic heterocycles. The first-order chi connectivity index (χ1) is 18.8. The molecule has 7 nitrogen and oxygen atoms in total. The fourth-order valence-corrected chi connectivity index (χ4v) is 6.28. The van der Waals surface area contributed by atoms with E-state index in [0.29, 0.717) is 35.8 Å². The van der Waals surface area contributed by atoms with Crippen molar-refractivity contribution in [3.05, 3.63) is 83.4 Å². The molecule has 3 aromatic carbocycles. The summed E-state index contributed by atoms with van der Waals surface area (Å²) in [5.41, 5.74) is -0.875. The molecule has 1 aliphatic heterocycles. The SMILES string of the molecule is COc1cc(OC)c2c(c1)O[C@@]1(c3ccc(OCCCCCN(C)C)cc3)[C@H](c3ccccc3)C[C@@H](O)[C@@]21O. The summed E-state index contributed by atoms with van der Waals surface area (Å²) in [6.07, 6.45) is 2.47. The third kappa shape index (κ3) is 4.62. The lowest BCUT2D eigenvalue weighted by Crippen LogP contribution is -2.52. The van der Waals surface area contributed by atoms with E-state index >= 15 is 0 Å². The lowest BCUT2D eigenvalue weighted by atomic mass is 9.71. The molecular weight excluding hydrogens is 494 g/mol. The Labute approximate surface area is 230 Å². The van der Waals surface area contributed by atoms with Crippen LogP contribution in [0.2, 0.25) is 0 Å². The molecular formula is C32H39NO6. The third-order valence-corrected chi connectivity index (χ3v) is 8.15. The van der Waals surface area contributed by atoms with Crippen LogP contribution in [-0.2, 0) is 11.2 Å². The van der Waals surface area contributed by atoms with E-state index in [2.05, 4.69) is 19.0 Å². The number of aliphatic hydroxyl groups excluding tert-OH is 1. The second-order valence-corrected chi connectivity index (χ2v) is 10.8. The highest BCUT2D eigenvalue weighted by atomic mass is 16.5. The molecule has 0 bridgehead atoms. The van der Waals surface area contributed by atoms with E-state index in [4.69, 9.17) is 18.9 Å². The molecule has 7 heteroatoms. The molecule has 0 radical (unpaired) electrons. The van der Waals surface area contributed by atoms with Gasteiger partial charge in [-0.3, -0.25) is 0 Å². The Balaban J connectivity index is 1.51. The van der Waals surface area contributed by atoms with Crippen LogP contribution in [-0.4, -0.2) is 62.7 Å². The summed E-state index contributed by atoms with van der Waals surface area (Å²) in [7, 11) is 7.29. The summed E-state index contributed by atoms with van der Waals surface area (Å²) >= 11 is 0. The summed E-state index contributed by atoms with van der Waals surface area (Å²) in [6.45, 7) is 1.72. The average molecular weight is 534 g/mol. The fourth-order valence-electron chi connectivity index (χ4n) is 6.28. The van der Waals surface area contributed by atoms with Gasteiger partial charge in [0.25, 0.3) is 0 Å². The van der Waals surface area contributed by atoms with Gasteiger partial charge in [0, 0.05) is 18.1 Å². The molecule has 5 rings (SSSR count). The van der Waals surface area contributed by atoms with Crippen LogP contribution in [0.4, 0.5) is 0 Å². The Bertz CT molecular complexity index is 1260. The topological polar surface area (TPSA) is 80.6 Å². The molecule has 1 heterocycles. The van der Waals surface area contributed by atoms with Crippen LogP contribution in [0.5, 0.6) is 23.0 Å². The van der Waals surface area contributed by atoms with Crippen molar-refractivity contribution in [2.45, 2.75) is 48.9 Å². The highest BCUT2D eigenvalue weighted by molar-refractivity contribution is 5.62. The molecule has 208 valence electrons. The third-order valence-electron chi connectivity index (χ3n) is 8.15. The number of ether oxygens (including phenoxy) is 4. The van der Waals surface area contributed by atoms with Crippen LogP contribution in [0.3, 0.4) is 0 Å². The van der Waals surface area contributed by atoms with E-state index in [1.165, 1.54) is 0 Å². The standard InChI is InChI=1S/C32H39NO6/c1-33(2)17-9-6-10-18-38-24-15-13-23(14-16-24)32-26(22-11-7-5-8-12-22)21-29(34)31(32,35)30-27(37-4)19-25(36-3)20-28(30)39-32/h5,7-8,11-16,19-20,26,29,34-35H,6,9-10,17-18,21H2,1-4H3/t26-,29+,31+,32-/m0/s1. The predicted octanol–water partition coefficient (Wildman–Crippen LogP) is 4.84. The monoisotopic (exact) mass is 533 g/mol. The molecule has 1 fully saturated rings. The Morgan fingerprint density at radius 2 is 1.67 bits per heavy atom. The molecule has 1 saturated carbocycles. The van der Waals surface area contributed by atoms with Crippen LogP contribution < -0.4 is 18.9 Å². The highest BCUT2D eigenvalue weighted by Gasteiger charge is 2.73. The second kappa shape index (κ2) is 11.1. The maximum absolute atomic E-state index is 12.6. The minimum absolute atomic E-state index is 0.320. The molecule has 0 unspecified atom stereocenters. The van der Waals surface area contributed by atoms with E-state index in [1.54, 1.807) is 26.4 Å². The summed E-state index contributed by atoms with van der Waals surface area (Å²) < 4.78 is 24.0. The zero-order valence-electron chi connectivity index (χ0n) is 23.2. The Morgan fingerprint density at radius 3 is 2.33 bits per heavy atom. The molecule has 0 amide bonds. The lowest BCUT2D eigenvalue weighted by Gasteiger charge is -2.40. The van der Waals surface area contributed by atoms with Gasteiger partial charge in [0.2, 0.25) is 0 Å². The minimum atomic E-state index is -1.75. The molecule has 1 aliphatic carbocycles. The van der Waals surface area contributed by atoms with Gasteiger partial charge in [0.15, 0.2) is 11.2 Å². The molecule has 2 N–H and O–H groups in total. The van der Waals surface area contributed by atoms with E-state index in [9.17, 15) is 10.2 Å². The van der Waals surface area contributed by atoms with Crippen LogP contribution in [0.1, 0.15) is 48.3 Å². The molecule has 0 saturated heterocycles. The quantitative estimate of drug-likeness (QED) is 0.342. The van der Waals surface area contributed by atoms with Crippen molar-refractivity contribution in [3.8, 4) is 23.0 Å². The highest BCUT2D eigenvalue weighted by Crippen LogP contribution is 2.68. The van der Waals surface area contributed by atoms with E-state index in [0.717, 1.165) is 42.7 Å². The van der Waals surface area contributed by atoms with Gasteiger partial charge in [-0.15, -0.1) is 0 Å². The maximum atomic E-state index is 12.6. The first-order valence-corrected chi connectivity index (χ1v) is 13.6. The van der Waals surface area contributed by atoms with Gasteiger partial charge >= 0.3 is 0 Å². The number of aliphatic hydroxyl groups is 2. The Morgan fingerprint density at radius 1 is 0.923 bits per heavy atom. The van der Waals surface area contributed by atoms with Gasteiger partial charge in [-0.2, -0.15) is 0 Å². The number of fused-ring (bicyclic) bond motifs is 3. The van der Waals surface area contributed by atoms with Crippen LogP contribution in [0, 0.1) is 0 Å². The van der Waals surface area contributed by atoms with Crippen LogP contribution >= 0.6 is 0 Å². The van der Waals surface area contributed by atoms with Gasteiger partial charge in [0.1, 0.15) is 23.0 Å². The van der Waals surface area contributed by atoms with Gasteiger partial charge in [-0.25, -0.2) is 0 Å². The van der Waals surface area contributed by atoms with Crippen molar-refractivity contribution in [1.82, 2.24) is 4.90 Å². The van der Waals surface area contributed by atoms with Crippen molar-refractivity contribution in [2.24, 2.45) is 0 Å². The number of hydrogen-bond donors (Lipinski definition) is 2. The number of benzene rings is 3. The predicted molar refractivity (Wildman–Crippen MR) is 150 cm³/mol. The Hall–Kier alpha value is -3.26. The van der Waals surface area contributed by atoms with E-state index in [-0.39, 0.29) is 5.92 Å². The van der Waals surface area contributed by atoms with Crippen LogP contribution in [0.15, 0.2) is 66.7 Å². The molecule has 4 atom stereocenters. The van der Waals surface area contributed by atoms with Crippen molar-refractivity contribution >= 4 is 0 Å². The zero-order valence-corrected chi connectivity index (χ0v) is 23.2. The van der Waals surface area contributed by atoms with Crippen molar-refractivity contribution in [2.75, 3.05) is 41.5 Å². The molecule has 39 heavy (non-hydrogen) atoms. The summed E-state index contributed by atoms with van der Waals surface area (Å²) in [4.78, 5) is 2.19. The Kier molecular flexibility index (Phi) is 7.76. The van der Waals surface area contributed by atoms with Crippen molar-refractivity contribution in [1.29, 1.82) is 0 Å². The number of unbranched alkanes of at least 4 members (excludes halogenated alkanes) is 2. The van der Waals surface area contributed by atoms with Gasteiger partial charge in [-0.1, -0.05) is 42.5 Å². The number of nitrogens with zero attached hydrogens (tertiary/aromatic N) is 1. The van der Waals surface area contributed by atoms with Gasteiger partial charge in [0.05, 0.1) is 32.5 Å². The summed E-state index contributed by atoms with van der Waals surface area (Å²) in [6, 6.07) is 21.1. The van der Waals surface area contributed by atoms with E-state index < -0.39 is 17.3 Å². The van der Waals surface area contributed by atoms with Gasteiger partial charge < -0.3 is 34.1 Å². The first kappa shape index (κ1) is 27.3. The zero-order chi connectivity index (χ0) is 27.6. The van der Waals surface area contributed by atoms with Crippen molar-refractivity contribution < 1.29 is 29.2 Å². The number of rotatable bonds is 11. The van der Waals surface area contributed by atoms with E-state index in [1.807, 2.05) is 54.6 Å². The lowest BCUT2D eigenvalue weighted by molar-refractivity contribution is -0.150. The summed E-state index contributed by atoms with van der Waals surface area (Å²) in [5, 5.41) is 24.1. The van der Waals surface area contributed by atoms with Gasteiger partial charge in [-0.05, 0) is 69.6 Å². The first-order valence-electron chi connectivity index (χ1n) is 13.6. The maximum Gasteiger partial charge on any atom is 0.176 e. The molecule has 2 aliphatic rings. The summed E-state index contributed by atoms with van der Waals surface area (Å²) in [5.74, 6) is 1.83. The fraction of sp³-hybridized carbons (Fsp3) is 0.438. The minimum Gasteiger partial charge on any atom is -0.496 e. The normalized spacial score (nSPS) is 25.2. The molecule has 3 aromatic rings. The van der Waals surface area contributed by atoms with Crippen LogP contribution in [0.25, 0.3) is 0 Å². The molecule has 0 spiro atoms. The number of methoxy groups -OCH3 is 2. The smallest absolute Gasteiger partial charge is 0.176 e. The number of hydrogen-bond acceptors (Lipinski definition) is 7. The van der Waals surface area contributed by atoms with Crippen molar-refractivity contribution in [3.63, 3.8) is 0 Å². The average Bonchev–Trinajstić information content (AvgIpc) is 3.35. The largest absolute Gasteiger partial charge is 0.496 e.